The molecule has 2 rings (SSSR count). The molecule has 2 aromatic rings. The van der Waals surface area contributed by atoms with Crippen LogP contribution in [0.1, 0.15) is 0 Å². The molecular weight excluding hydrogens is 496 g/mol. The van der Waals surface area contributed by atoms with Gasteiger partial charge in [0.2, 0.25) is 11.8 Å². The lowest BCUT2D eigenvalue weighted by molar-refractivity contribution is -0.274. The molecule has 4 N–H and O–H groups in total. The molecule has 0 spiro atoms. The highest BCUT2D eigenvalue weighted by atomic mass is 35.5. The van der Waals surface area contributed by atoms with Gasteiger partial charge in [0.1, 0.15) is 5.75 Å². The second-order valence-electron chi connectivity index (χ2n) is 5.90. The Morgan fingerprint density at radius 3 is 2.03 bits per heavy atom. The minimum Gasteiger partial charge on any atom is -0.406 e. The summed E-state index contributed by atoms with van der Waals surface area (Å²) < 4.78 is 40.1. The van der Waals surface area contributed by atoms with Crippen LogP contribution in [-0.2, 0) is 9.59 Å². The zero-order valence-electron chi connectivity index (χ0n) is 15.9. The van der Waals surface area contributed by atoms with E-state index >= 15 is 0 Å². The summed E-state index contributed by atoms with van der Waals surface area (Å²) in [5.74, 6) is -1.72. The van der Waals surface area contributed by atoms with Gasteiger partial charge in [0.25, 0.3) is 0 Å². The third-order valence-electron chi connectivity index (χ3n) is 3.27. The molecule has 14 heteroatoms. The van der Waals surface area contributed by atoms with Crippen molar-refractivity contribution in [2.75, 3.05) is 22.1 Å². The van der Waals surface area contributed by atoms with Gasteiger partial charge in [0.05, 0.1) is 11.5 Å². The quantitative estimate of drug-likeness (QED) is 0.412. The van der Waals surface area contributed by atoms with E-state index in [0.29, 0.717) is 15.7 Å². The van der Waals surface area contributed by atoms with Crippen LogP contribution in [0.5, 0.6) is 5.75 Å². The Morgan fingerprint density at radius 1 is 0.844 bits per heavy atom. The molecule has 0 aliphatic rings. The van der Waals surface area contributed by atoms with E-state index in [1.807, 2.05) is 0 Å². The number of halogens is 5. The second-order valence-corrected chi connectivity index (χ2v) is 7.76. The summed E-state index contributed by atoms with van der Waals surface area (Å²) in [7, 11) is 0. The standard InChI is InChI=1S/C18H15Cl2F3N4O4S/c19-10-5-11(20)7-13(6-10)25-17(30)27-26-16(29)9-32-8-15(28)24-12-1-3-14(4-2-12)31-18(21,22)23/h1-7H,8-9H2,(H,24,28)(H,26,29)(H2,25,27,30). The van der Waals surface area contributed by atoms with E-state index in [4.69, 9.17) is 23.2 Å². The van der Waals surface area contributed by atoms with Crippen molar-refractivity contribution in [3.8, 4) is 5.75 Å². The Morgan fingerprint density at radius 2 is 1.44 bits per heavy atom. The monoisotopic (exact) mass is 510 g/mol. The number of urea groups is 1. The smallest absolute Gasteiger partial charge is 0.406 e. The number of ether oxygens (including phenoxy) is 1. The van der Waals surface area contributed by atoms with Crippen molar-refractivity contribution in [3.63, 3.8) is 0 Å². The molecule has 0 aliphatic heterocycles. The Bertz CT molecular complexity index is 957. The van der Waals surface area contributed by atoms with Crippen LogP contribution < -0.4 is 26.2 Å². The van der Waals surface area contributed by atoms with Gasteiger partial charge in [0.15, 0.2) is 0 Å². The third kappa shape index (κ3) is 9.98. The number of benzene rings is 2. The van der Waals surface area contributed by atoms with Gasteiger partial charge in [-0.25, -0.2) is 10.2 Å². The molecule has 0 atom stereocenters. The van der Waals surface area contributed by atoms with Crippen molar-refractivity contribution in [2.24, 2.45) is 0 Å². The molecule has 0 unspecified atom stereocenters. The number of carbonyl (C=O) groups is 3. The average molecular weight is 511 g/mol. The molecule has 0 aliphatic carbocycles. The van der Waals surface area contributed by atoms with Gasteiger partial charge in [0, 0.05) is 21.4 Å². The molecule has 0 saturated carbocycles. The largest absolute Gasteiger partial charge is 0.573 e. The predicted molar refractivity (Wildman–Crippen MR) is 116 cm³/mol. The zero-order chi connectivity index (χ0) is 23.7. The van der Waals surface area contributed by atoms with Gasteiger partial charge in [-0.3, -0.25) is 15.0 Å². The van der Waals surface area contributed by atoms with Crippen LogP contribution in [-0.4, -0.2) is 35.7 Å². The summed E-state index contributed by atoms with van der Waals surface area (Å²) in [6.45, 7) is 0. The fourth-order valence-corrected chi connectivity index (χ4v) is 3.27. The number of hydrogen-bond acceptors (Lipinski definition) is 5. The number of nitrogens with one attached hydrogen (secondary N) is 4. The van der Waals surface area contributed by atoms with Crippen LogP contribution in [0.4, 0.5) is 29.3 Å². The molecule has 0 saturated heterocycles. The van der Waals surface area contributed by atoms with Crippen LogP contribution in [0.15, 0.2) is 42.5 Å². The fraction of sp³-hybridized carbons (Fsp3) is 0.167. The number of hydrogen-bond donors (Lipinski definition) is 4. The average Bonchev–Trinajstić information content (AvgIpc) is 2.66. The van der Waals surface area contributed by atoms with E-state index < -0.39 is 30.0 Å². The number of anilines is 2. The highest BCUT2D eigenvalue weighted by molar-refractivity contribution is 8.00. The Hall–Kier alpha value is -2.83. The zero-order valence-corrected chi connectivity index (χ0v) is 18.2. The molecule has 2 aromatic carbocycles. The molecule has 0 heterocycles. The van der Waals surface area contributed by atoms with Crippen LogP contribution in [0.2, 0.25) is 10.0 Å². The van der Waals surface area contributed by atoms with Crippen molar-refractivity contribution in [2.45, 2.75) is 6.36 Å². The minimum atomic E-state index is -4.81. The SMILES string of the molecule is O=C(CSCC(=O)Nc1ccc(OC(F)(F)F)cc1)NNC(=O)Nc1cc(Cl)cc(Cl)c1. The van der Waals surface area contributed by atoms with Crippen LogP contribution in [0.3, 0.4) is 0 Å². The topological polar surface area (TPSA) is 109 Å². The van der Waals surface area contributed by atoms with Gasteiger partial charge in [-0.15, -0.1) is 24.9 Å². The first-order valence-corrected chi connectivity index (χ1v) is 10.5. The summed E-state index contributed by atoms with van der Waals surface area (Å²) in [6.07, 6.45) is -4.81. The molecule has 0 radical (unpaired) electrons. The van der Waals surface area contributed by atoms with Crippen molar-refractivity contribution < 1.29 is 32.3 Å². The van der Waals surface area contributed by atoms with E-state index in [0.717, 1.165) is 23.9 Å². The molecule has 0 fully saturated rings. The van der Waals surface area contributed by atoms with Crippen molar-refractivity contribution >= 4 is 64.2 Å². The highest BCUT2D eigenvalue weighted by Gasteiger charge is 2.30. The first-order chi connectivity index (χ1) is 15.0. The Balaban J connectivity index is 1.65. The molecular formula is C18H15Cl2F3N4O4S. The number of alkyl halides is 3. The lowest BCUT2D eigenvalue weighted by Gasteiger charge is -2.10. The molecule has 172 valence electrons. The van der Waals surface area contributed by atoms with E-state index in [2.05, 4.69) is 26.2 Å². The summed E-state index contributed by atoms with van der Waals surface area (Å²) >= 11 is 12.6. The lowest BCUT2D eigenvalue weighted by atomic mass is 10.3. The van der Waals surface area contributed by atoms with Crippen LogP contribution in [0, 0.1) is 0 Å². The molecule has 0 aromatic heterocycles. The van der Waals surface area contributed by atoms with Crippen LogP contribution >= 0.6 is 35.0 Å². The van der Waals surface area contributed by atoms with E-state index in [1.54, 1.807) is 0 Å². The first kappa shape index (κ1) is 25.4. The van der Waals surface area contributed by atoms with Gasteiger partial charge in [-0.05, 0) is 42.5 Å². The maximum absolute atomic E-state index is 12.1. The van der Waals surface area contributed by atoms with Crippen LogP contribution in [0.25, 0.3) is 0 Å². The number of carbonyl (C=O) groups excluding carboxylic acids is 3. The summed E-state index contributed by atoms with van der Waals surface area (Å²) in [5.41, 5.74) is 4.86. The maximum Gasteiger partial charge on any atom is 0.573 e. The first-order valence-electron chi connectivity index (χ1n) is 8.55. The molecule has 0 bridgehead atoms. The van der Waals surface area contributed by atoms with Gasteiger partial charge >= 0.3 is 12.4 Å². The lowest BCUT2D eigenvalue weighted by Crippen LogP contribution is -2.44. The Kier molecular flexibility index (Phi) is 9.29. The molecule has 8 nitrogen and oxygen atoms in total. The molecule has 32 heavy (non-hydrogen) atoms. The highest BCUT2D eigenvalue weighted by Crippen LogP contribution is 2.24. The van der Waals surface area contributed by atoms with Gasteiger partial charge in [-0.1, -0.05) is 23.2 Å². The summed E-state index contributed by atoms with van der Waals surface area (Å²) in [4.78, 5) is 35.4. The third-order valence-corrected chi connectivity index (χ3v) is 4.64. The normalized spacial score (nSPS) is 10.8. The number of hydrazine groups is 1. The minimum absolute atomic E-state index is 0.110. The van der Waals surface area contributed by atoms with Gasteiger partial charge in [-0.2, -0.15) is 0 Å². The van der Waals surface area contributed by atoms with Crippen molar-refractivity contribution in [3.05, 3.63) is 52.5 Å². The van der Waals surface area contributed by atoms with E-state index in [9.17, 15) is 27.6 Å². The van der Waals surface area contributed by atoms with Gasteiger partial charge < -0.3 is 15.4 Å². The maximum atomic E-state index is 12.1. The fourth-order valence-electron chi connectivity index (χ4n) is 2.12. The van der Waals surface area contributed by atoms with E-state index in [1.165, 1.54) is 30.3 Å². The summed E-state index contributed by atoms with van der Waals surface area (Å²) in [6, 6.07) is 8.25. The van der Waals surface area contributed by atoms with Crippen molar-refractivity contribution in [1.82, 2.24) is 10.9 Å². The summed E-state index contributed by atoms with van der Waals surface area (Å²) in [5, 5.41) is 5.52. The second kappa shape index (κ2) is 11.7. The van der Waals surface area contributed by atoms with E-state index in [-0.39, 0.29) is 17.2 Å². The van der Waals surface area contributed by atoms with Crippen molar-refractivity contribution in [1.29, 1.82) is 0 Å². The number of amides is 4. The number of thioether (sulfide) groups is 1. The predicted octanol–water partition coefficient (Wildman–Crippen LogP) is 4.42. The number of rotatable bonds is 7. The molecule has 4 amide bonds. The Labute approximate surface area is 194 Å².